The van der Waals surface area contributed by atoms with E-state index in [-0.39, 0.29) is 0 Å². The summed E-state index contributed by atoms with van der Waals surface area (Å²) in [5.41, 5.74) is 4.91. The van der Waals surface area contributed by atoms with Crippen molar-refractivity contribution in [3.63, 3.8) is 0 Å². The predicted molar refractivity (Wildman–Crippen MR) is 53.1 cm³/mol. The fraction of sp³-hybridized carbons (Fsp3) is 0.364. The molecular weight excluding hydrogens is 176 g/mol. The summed E-state index contributed by atoms with van der Waals surface area (Å²) in [6.45, 7) is 2.15. The van der Waals surface area contributed by atoms with Crippen LogP contribution in [0.3, 0.4) is 0 Å². The number of aryl methyl sites for hydroxylation is 2. The van der Waals surface area contributed by atoms with E-state index in [1.807, 2.05) is 6.07 Å². The van der Waals surface area contributed by atoms with Gasteiger partial charge in [0.2, 0.25) is 0 Å². The summed E-state index contributed by atoms with van der Waals surface area (Å²) in [5.74, 6) is 1.08. The van der Waals surface area contributed by atoms with Crippen LogP contribution in [0.1, 0.15) is 23.9 Å². The van der Waals surface area contributed by atoms with E-state index < -0.39 is 0 Å². The number of aromatic amines is 1. The lowest BCUT2D eigenvalue weighted by Gasteiger charge is -2.10. The summed E-state index contributed by atoms with van der Waals surface area (Å²) in [4.78, 5) is 0. The molecule has 0 aliphatic heterocycles. The van der Waals surface area contributed by atoms with Crippen molar-refractivity contribution < 1.29 is 4.42 Å². The van der Waals surface area contributed by atoms with Gasteiger partial charge in [-0.05, 0) is 18.9 Å². The molecule has 0 atom stereocenters. The van der Waals surface area contributed by atoms with Crippen molar-refractivity contribution in [1.82, 2.24) is 10.2 Å². The van der Waals surface area contributed by atoms with E-state index in [2.05, 4.69) is 17.1 Å². The summed E-state index contributed by atoms with van der Waals surface area (Å²) in [6, 6.07) is 2.01. The minimum Gasteiger partial charge on any atom is -0.469 e. The maximum absolute atomic E-state index is 5.40. The average molecular weight is 188 g/mol. The number of nitrogens with one attached hydrogen (secondary N) is 1. The van der Waals surface area contributed by atoms with Crippen LogP contribution >= 0.6 is 0 Å². The topological polar surface area (TPSA) is 41.8 Å². The molecule has 1 aliphatic carbocycles. The number of nitrogens with zero attached hydrogens (tertiary/aromatic N) is 1. The molecule has 1 N–H and O–H groups in total. The Morgan fingerprint density at radius 1 is 1.50 bits per heavy atom. The van der Waals surface area contributed by atoms with E-state index in [9.17, 15) is 0 Å². The Morgan fingerprint density at radius 3 is 3.29 bits per heavy atom. The summed E-state index contributed by atoms with van der Waals surface area (Å²) in [5, 5.41) is 7.46. The number of hydrogen-bond donors (Lipinski definition) is 1. The predicted octanol–water partition coefficient (Wildman–Crippen LogP) is 2.33. The molecule has 0 spiro atoms. The Labute approximate surface area is 82.1 Å². The maximum Gasteiger partial charge on any atom is 0.113 e. The van der Waals surface area contributed by atoms with Gasteiger partial charge in [-0.25, -0.2) is 0 Å². The second-order valence-corrected chi connectivity index (χ2v) is 3.64. The van der Waals surface area contributed by atoms with Crippen LogP contribution in [0.25, 0.3) is 11.3 Å². The van der Waals surface area contributed by atoms with E-state index in [1.165, 1.54) is 16.8 Å². The van der Waals surface area contributed by atoms with Crippen molar-refractivity contribution in [1.29, 1.82) is 0 Å². The third-order valence-electron chi connectivity index (χ3n) is 2.91. The zero-order chi connectivity index (χ0) is 9.54. The molecule has 1 aliphatic rings. The number of hydrogen-bond acceptors (Lipinski definition) is 2. The van der Waals surface area contributed by atoms with Gasteiger partial charge in [0.1, 0.15) is 5.76 Å². The van der Waals surface area contributed by atoms with Crippen LogP contribution in [-0.2, 0) is 19.3 Å². The lowest BCUT2D eigenvalue weighted by atomic mass is 9.94. The Morgan fingerprint density at radius 2 is 2.43 bits per heavy atom. The van der Waals surface area contributed by atoms with E-state index in [4.69, 9.17) is 4.42 Å². The van der Waals surface area contributed by atoms with Crippen molar-refractivity contribution >= 4 is 0 Å². The highest BCUT2D eigenvalue weighted by atomic mass is 16.3. The first-order valence-corrected chi connectivity index (χ1v) is 5.03. The molecule has 0 radical (unpaired) electrons. The normalized spacial score (nSPS) is 13.8. The van der Waals surface area contributed by atoms with Crippen LogP contribution in [0.5, 0.6) is 0 Å². The van der Waals surface area contributed by atoms with Crippen LogP contribution in [-0.4, -0.2) is 10.2 Å². The lowest BCUT2D eigenvalue weighted by Crippen LogP contribution is -2.01. The third-order valence-corrected chi connectivity index (χ3v) is 2.91. The molecule has 3 heteroatoms. The highest BCUT2D eigenvalue weighted by molar-refractivity contribution is 5.68. The highest BCUT2D eigenvalue weighted by Gasteiger charge is 2.23. The zero-order valence-corrected chi connectivity index (χ0v) is 8.13. The molecule has 0 saturated heterocycles. The molecular formula is C11H12N2O. The smallest absolute Gasteiger partial charge is 0.113 e. The van der Waals surface area contributed by atoms with Gasteiger partial charge >= 0.3 is 0 Å². The standard InChI is InChI=1S/C11H12N2O/c1-2-9-7-3-4-10-8(5-6-14-10)11(7)13-12-9/h5-6H,2-4H2,1H3,(H,12,13). The zero-order valence-electron chi connectivity index (χ0n) is 8.13. The van der Waals surface area contributed by atoms with Gasteiger partial charge in [0.05, 0.1) is 12.0 Å². The first-order valence-electron chi connectivity index (χ1n) is 5.03. The lowest BCUT2D eigenvalue weighted by molar-refractivity contribution is 0.507. The van der Waals surface area contributed by atoms with Gasteiger partial charge in [-0.15, -0.1) is 0 Å². The minimum absolute atomic E-state index is 1.00. The van der Waals surface area contributed by atoms with E-state index in [0.717, 1.165) is 30.7 Å². The number of fused-ring (bicyclic) bond motifs is 3. The highest BCUT2D eigenvalue weighted by Crippen LogP contribution is 2.34. The molecule has 72 valence electrons. The van der Waals surface area contributed by atoms with Gasteiger partial charge in [0, 0.05) is 23.2 Å². The SMILES string of the molecule is CCc1[nH]nc2c1CCc1occc1-2. The van der Waals surface area contributed by atoms with Crippen LogP contribution in [0.4, 0.5) is 0 Å². The Kier molecular flexibility index (Phi) is 1.54. The van der Waals surface area contributed by atoms with Crippen molar-refractivity contribution in [3.05, 3.63) is 29.3 Å². The summed E-state index contributed by atoms with van der Waals surface area (Å²) >= 11 is 0. The minimum atomic E-state index is 1.00. The molecule has 0 fully saturated rings. The number of aromatic nitrogens is 2. The Hall–Kier alpha value is -1.51. The largest absolute Gasteiger partial charge is 0.469 e. The molecule has 0 aromatic carbocycles. The molecule has 0 saturated carbocycles. The summed E-state index contributed by atoms with van der Waals surface area (Å²) in [6.07, 6.45) is 4.83. The van der Waals surface area contributed by atoms with Gasteiger partial charge in [-0.2, -0.15) is 5.10 Å². The molecule has 0 unspecified atom stereocenters. The quantitative estimate of drug-likeness (QED) is 0.746. The van der Waals surface area contributed by atoms with Crippen molar-refractivity contribution in [2.45, 2.75) is 26.2 Å². The second-order valence-electron chi connectivity index (χ2n) is 3.64. The van der Waals surface area contributed by atoms with Gasteiger partial charge in [-0.3, -0.25) is 5.10 Å². The van der Waals surface area contributed by atoms with Crippen molar-refractivity contribution in [2.24, 2.45) is 0 Å². The van der Waals surface area contributed by atoms with Gasteiger partial charge in [0.15, 0.2) is 0 Å². The second kappa shape index (κ2) is 2.74. The first-order chi connectivity index (χ1) is 6.90. The molecule has 3 rings (SSSR count). The summed E-state index contributed by atoms with van der Waals surface area (Å²) in [7, 11) is 0. The molecule has 14 heavy (non-hydrogen) atoms. The van der Waals surface area contributed by atoms with E-state index in [0.29, 0.717) is 0 Å². The van der Waals surface area contributed by atoms with Gasteiger partial charge < -0.3 is 4.42 Å². The first kappa shape index (κ1) is 7.85. The number of H-pyrrole nitrogens is 1. The van der Waals surface area contributed by atoms with Gasteiger partial charge in [0.25, 0.3) is 0 Å². The average Bonchev–Trinajstić information content (AvgIpc) is 2.82. The van der Waals surface area contributed by atoms with E-state index >= 15 is 0 Å². The Bertz CT molecular complexity index is 467. The maximum atomic E-state index is 5.40. The van der Waals surface area contributed by atoms with Crippen molar-refractivity contribution in [3.8, 4) is 11.3 Å². The molecule has 2 aromatic rings. The van der Waals surface area contributed by atoms with Crippen LogP contribution in [0, 0.1) is 0 Å². The van der Waals surface area contributed by atoms with Crippen LogP contribution in [0.15, 0.2) is 16.7 Å². The molecule has 2 heterocycles. The fourth-order valence-electron chi connectivity index (χ4n) is 2.17. The third kappa shape index (κ3) is 0.895. The molecule has 0 amide bonds. The number of rotatable bonds is 1. The molecule has 3 nitrogen and oxygen atoms in total. The van der Waals surface area contributed by atoms with Crippen molar-refractivity contribution in [2.75, 3.05) is 0 Å². The van der Waals surface area contributed by atoms with Crippen LogP contribution in [0.2, 0.25) is 0 Å². The monoisotopic (exact) mass is 188 g/mol. The molecule has 0 bridgehead atoms. The van der Waals surface area contributed by atoms with Crippen LogP contribution < -0.4 is 0 Å². The van der Waals surface area contributed by atoms with Gasteiger partial charge in [-0.1, -0.05) is 6.92 Å². The Balaban J connectivity index is 2.22. The fourth-order valence-corrected chi connectivity index (χ4v) is 2.17. The van der Waals surface area contributed by atoms with E-state index in [1.54, 1.807) is 6.26 Å². The summed E-state index contributed by atoms with van der Waals surface area (Å²) < 4.78 is 5.40. The molecule has 2 aromatic heterocycles. The number of furan rings is 1.